The van der Waals surface area contributed by atoms with E-state index in [9.17, 15) is 0 Å². The summed E-state index contributed by atoms with van der Waals surface area (Å²) in [5.41, 5.74) is 1.33. The smallest absolute Gasteiger partial charge is 0.119 e. The van der Waals surface area contributed by atoms with Crippen molar-refractivity contribution in [3.8, 4) is 5.75 Å². The molecule has 1 aromatic carbocycles. The summed E-state index contributed by atoms with van der Waals surface area (Å²) >= 11 is 0. The minimum Gasteiger partial charge on any atom is -0.492 e. The first-order chi connectivity index (χ1) is 9.78. The number of rotatable bonds is 8. The summed E-state index contributed by atoms with van der Waals surface area (Å²) in [6, 6.07) is 10.8. The number of benzene rings is 1. The fourth-order valence-electron chi connectivity index (χ4n) is 2.19. The molecule has 1 unspecified atom stereocenters. The zero-order valence-corrected chi connectivity index (χ0v) is 12.2. The first kappa shape index (κ1) is 14.6. The lowest BCUT2D eigenvalue weighted by atomic mass is 10.1. The van der Waals surface area contributed by atoms with Gasteiger partial charge in [0.25, 0.3) is 0 Å². The van der Waals surface area contributed by atoms with Crippen LogP contribution in [0.2, 0.25) is 0 Å². The van der Waals surface area contributed by atoms with E-state index in [2.05, 4.69) is 36.4 Å². The standard InChI is InChI=1S/C16H23N3O/c1-3-17-14(2)13-15-5-7-16(8-6-15)20-12-11-19-10-4-9-18-19/h4-10,14,17H,3,11-13H2,1-2H3. The van der Waals surface area contributed by atoms with Crippen LogP contribution in [0.3, 0.4) is 0 Å². The molecule has 0 aliphatic carbocycles. The molecule has 1 atom stereocenters. The summed E-state index contributed by atoms with van der Waals surface area (Å²) in [6.07, 6.45) is 4.76. The molecule has 0 fully saturated rings. The van der Waals surface area contributed by atoms with Crippen LogP contribution in [0.5, 0.6) is 5.75 Å². The molecule has 0 aliphatic heterocycles. The molecule has 2 aromatic rings. The third kappa shape index (κ3) is 4.70. The van der Waals surface area contributed by atoms with Crippen molar-refractivity contribution in [3.63, 3.8) is 0 Å². The Balaban J connectivity index is 1.76. The predicted octanol–water partition coefficient (Wildman–Crippen LogP) is 2.50. The number of ether oxygens (including phenoxy) is 1. The lowest BCUT2D eigenvalue weighted by Crippen LogP contribution is -2.27. The van der Waals surface area contributed by atoms with Gasteiger partial charge in [-0.25, -0.2) is 0 Å². The van der Waals surface area contributed by atoms with Crippen molar-refractivity contribution < 1.29 is 4.74 Å². The molecule has 0 bridgehead atoms. The van der Waals surface area contributed by atoms with Crippen molar-refractivity contribution in [2.45, 2.75) is 32.9 Å². The van der Waals surface area contributed by atoms with Crippen molar-refractivity contribution in [2.24, 2.45) is 0 Å². The number of nitrogens with one attached hydrogen (secondary N) is 1. The Labute approximate surface area is 120 Å². The van der Waals surface area contributed by atoms with E-state index < -0.39 is 0 Å². The Morgan fingerprint density at radius 2 is 2.10 bits per heavy atom. The van der Waals surface area contributed by atoms with Crippen LogP contribution < -0.4 is 10.1 Å². The summed E-state index contributed by atoms with van der Waals surface area (Å²) in [5, 5.41) is 7.56. The van der Waals surface area contributed by atoms with Gasteiger partial charge in [0, 0.05) is 18.4 Å². The van der Waals surface area contributed by atoms with Crippen molar-refractivity contribution in [1.29, 1.82) is 0 Å². The molecular formula is C16H23N3O. The third-order valence-electron chi connectivity index (χ3n) is 3.17. The van der Waals surface area contributed by atoms with E-state index in [0.717, 1.165) is 25.3 Å². The van der Waals surface area contributed by atoms with E-state index in [0.29, 0.717) is 12.6 Å². The monoisotopic (exact) mass is 273 g/mol. The van der Waals surface area contributed by atoms with Crippen LogP contribution in [-0.4, -0.2) is 29.0 Å². The topological polar surface area (TPSA) is 39.1 Å². The van der Waals surface area contributed by atoms with Crippen molar-refractivity contribution in [2.75, 3.05) is 13.2 Å². The van der Waals surface area contributed by atoms with Crippen molar-refractivity contribution >= 4 is 0 Å². The van der Waals surface area contributed by atoms with Gasteiger partial charge in [0.15, 0.2) is 0 Å². The van der Waals surface area contributed by atoms with Gasteiger partial charge in [-0.15, -0.1) is 0 Å². The zero-order chi connectivity index (χ0) is 14.2. The molecule has 0 radical (unpaired) electrons. The van der Waals surface area contributed by atoms with Crippen LogP contribution in [0.4, 0.5) is 0 Å². The Bertz CT molecular complexity index is 479. The highest BCUT2D eigenvalue weighted by Crippen LogP contribution is 2.13. The average molecular weight is 273 g/mol. The van der Waals surface area contributed by atoms with Gasteiger partial charge in [-0.3, -0.25) is 4.68 Å². The number of likely N-dealkylation sites (N-methyl/N-ethyl adjacent to an activating group) is 1. The van der Waals surface area contributed by atoms with Gasteiger partial charge in [-0.05, 0) is 43.7 Å². The maximum absolute atomic E-state index is 5.71. The second-order valence-electron chi connectivity index (χ2n) is 4.92. The highest BCUT2D eigenvalue weighted by atomic mass is 16.5. The first-order valence-corrected chi connectivity index (χ1v) is 7.20. The van der Waals surface area contributed by atoms with Gasteiger partial charge in [0.2, 0.25) is 0 Å². The van der Waals surface area contributed by atoms with Crippen molar-refractivity contribution in [3.05, 3.63) is 48.3 Å². The Morgan fingerprint density at radius 3 is 2.75 bits per heavy atom. The quantitative estimate of drug-likeness (QED) is 0.803. The van der Waals surface area contributed by atoms with Gasteiger partial charge in [0.05, 0.1) is 6.54 Å². The van der Waals surface area contributed by atoms with Crippen LogP contribution in [0.1, 0.15) is 19.4 Å². The van der Waals surface area contributed by atoms with Gasteiger partial charge in [-0.1, -0.05) is 19.1 Å². The van der Waals surface area contributed by atoms with Gasteiger partial charge >= 0.3 is 0 Å². The zero-order valence-electron chi connectivity index (χ0n) is 12.2. The molecule has 1 aromatic heterocycles. The molecular weight excluding hydrogens is 250 g/mol. The number of aromatic nitrogens is 2. The molecule has 0 saturated heterocycles. The SMILES string of the molecule is CCNC(C)Cc1ccc(OCCn2cccn2)cc1. The van der Waals surface area contributed by atoms with E-state index in [1.807, 2.05) is 29.1 Å². The fourth-order valence-corrected chi connectivity index (χ4v) is 2.19. The van der Waals surface area contributed by atoms with Crippen LogP contribution in [0.15, 0.2) is 42.7 Å². The van der Waals surface area contributed by atoms with E-state index in [4.69, 9.17) is 4.74 Å². The molecule has 4 heteroatoms. The normalized spacial score (nSPS) is 12.3. The average Bonchev–Trinajstić information content (AvgIpc) is 2.94. The largest absolute Gasteiger partial charge is 0.492 e. The third-order valence-corrected chi connectivity index (χ3v) is 3.17. The van der Waals surface area contributed by atoms with E-state index in [1.165, 1.54) is 5.56 Å². The van der Waals surface area contributed by atoms with E-state index in [1.54, 1.807) is 6.20 Å². The summed E-state index contributed by atoms with van der Waals surface area (Å²) < 4.78 is 7.58. The molecule has 0 amide bonds. The van der Waals surface area contributed by atoms with E-state index in [-0.39, 0.29) is 0 Å². The van der Waals surface area contributed by atoms with Crippen LogP contribution >= 0.6 is 0 Å². The second-order valence-corrected chi connectivity index (χ2v) is 4.92. The van der Waals surface area contributed by atoms with Crippen LogP contribution in [0.25, 0.3) is 0 Å². The van der Waals surface area contributed by atoms with Gasteiger partial charge < -0.3 is 10.1 Å². The molecule has 4 nitrogen and oxygen atoms in total. The maximum atomic E-state index is 5.71. The molecule has 0 saturated carbocycles. The second kappa shape index (κ2) is 7.70. The van der Waals surface area contributed by atoms with Crippen LogP contribution in [0, 0.1) is 0 Å². The number of nitrogens with zero attached hydrogens (tertiary/aromatic N) is 2. The lowest BCUT2D eigenvalue weighted by molar-refractivity contribution is 0.291. The molecule has 108 valence electrons. The Kier molecular flexibility index (Phi) is 5.62. The number of hydrogen-bond donors (Lipinski definition) is 1. The summed E-state index contributed by atoms with van der Waals surface area (Å²) in [4.78, 5) is 0. The maximum Gasteiger partial charge on any atom is 0.119 e. The minimum atomic E-state index is 0.506. The van der Waals surface area contributed by atoms with Gasteiger partial charge in [0.1, 0.15) is 12.4 Å². The van der Waals surface area contributed by atoms with Gasteiger partial charge in [-0.2, -0.15) is 5.10 Å². The van der Waals surface area contributed by atoms with Crippen molar-refractivity contribution in [1.82, 2.24) is 15.1 Å². The molecule has 20 heavy (non-hydrogen) atoms. The summed E-state index contributed by atoms with van der Waals surface area (Å²) in [6.45, 7) is 6.75. The molecule has 0 aliphatic rings. The highest BCUT2D eigenvalue weighted by Gasteiger charge is 2.02. The highest BCUT2D eigenvalue weighted by molar-refractivity contribution is 5.27. The lowest BCUT2D eigenvalue weighted by Gasteiger charge is -2.12. The number of hydrogen-bond acceptors (Lipinski definition) is 3. The summed E-state index contributed by atoms with van der Waals surface area (Å²) in [5.74, 6) is 0.914. The van der Waals surface area contributed by atoms with Crippen LogP contribution in [-0.2, 0) is 13.0 Å². The summed E-state index contributed by atoms with van der Waals surface area (Å²) in [7, 11) is 0. The van der Waals surface area contributed by atoms with E-state index >= 15 is 0 Å². The molecule has 2 rings (SSSR count). The molecule has 0 spiro atoms. The molecule has 1 heterocycles. The first-order valence-electron chi connectivity index (χ1n) is 7.20. The molecule has 1 N–H and O–H groups in total. The minimum absolute atomic E-state index is 0.506. The Morgan fingerprint density at radius 1 is 1.30 bits per heavy atom. The fraction of sp³-hybridized carbons (Fsp3) is 0.438. The predicted molar refractivity (Wildman–Crippen MR) is 81.0 cm³/mol. The Hall–Kier alpha value is -1.81.